The molecule has 3 rings (SSSR count). The summed E-state index contributed by atoms with van der Waals surface area (Å²) < 4.78 is 14.1. The van der Waals surface area contributed by atoms with Crippen molar-refractivity contribution in [2.24, 2.45) is 5.41 Å². The highest BCUT2D eigenvalue weighted by Crippen LogP contribution is 2.31. The van der Waals surface area contributed by atoms with Gasteiger partial charge < -0.3 is 10.2 Å². The summed E-state index contributed by atoms with van der Waals surface area (Å²) in [6, 6.07) is 12.0. The lowest BCUT2D eigenvalue weighted by molar-refractivity contribution is -0.117. The van der Waals surface area contributed by atoms with E-state index in [1.165, 1.54) is 6.07 Å². The van der Waals surface area contributed by atoms with Crippen molar-refractivity contribution in [3.8, 4) is 0 Å². The second kappa shape index (κ2) is 8.86. The van der Waals surface area contributed by atoms with Crippen LogP contribution < -0.4 is 10.2 Å². The van der Waals surface area contributed by atoms with Gasteiger partial charge in [-0.05, 0) is 42.5 Å². The standard InChI is InChI=1S/C24H30FN3O2/c1-17-10-11-21(20(14-17)26-22(29)15-24(2,3)4)28-13-7-12-27(23(28)30)16-18-8-5-6-9-19(18)25/h5-6,8-11,14H,7,12-13,15-16H2,1-4H3,(H,26,29). The molecule has 0 aromatic heterocycles. The fourth-order valence-electron chi connectivity index (χ4n) is 3.65. The maximum atomic E-state index is 14.1. The van der Waals surface area contributed by atoms with Crippen LogP contribution >= 0.6 is 0 Å². The Kier molecular flexibility index (Phi) is 6.44. The van der Waals surface area contributed by atoms with E-state index in [-0.39, 0.29) is 29.7 Å². The minimum atomic E-state index is -0.312. The summed E-state index contributed by atoms with van der Waals surface area (Å²) in [4.78, 5) is 29.1. The molecule has 2 aromatic rings. The van der Waals surface area contributed by atoms with E-state index in [9.17, 15) is 14.0 Å². The van der Waals surface area contributed by atoms with Crippen LogP contribution in [0.2, 0.25) is 0 Å². The van der Waals surface area contributed by atoms with Crippen molar-refractivity contribution in [2.45, 2.75) is 47.1 Å². The summed E-state index contributed by atoms with van der Waals surface area (Å²) in [5.41, 5.74) is 2.66. The lowest BCUT2D eigenvalue weighted by atomic mass is 9.92. The fraction of sp³-hybridized carbons (Fsp3) is 0.417. The highest BCUT2D eigenvalue weighted by Gasteiger charge is 2.29. The molecule has 1 fully saturated rings. The molecule has 5 nitrogen and oxygen atoms in total. The zero-order valence-electron chi connectivity index (χ0n) is 18.2. The lowest BCUT2D eigenvalue weighted by Crippen LogP contribution is -2.49. The number of carbonyl (C=O) groups excluding carboxylic acids is 2. The SMILES string of the molecule is Cc1ccc(N2CCCN(Cc3ccccc3F)C2=O)c(NC(=O)CC(C)(C)C)c1. The summed E-state index contributed by atoms with van der Waals surface area (Å²) in [5, 5.41) is 2.99. The fourth-order valence-corrected chi connectivity index (χ4v) is 3.65. The third-order valence-electron chi connectivity index (χ3n) is 5.04. The van der Waals surface area contributed by atoms with Gasteiger partial charge >= 0.3 is 6.03 Å². The molecule has 30 heavy (non-hydrogen) atoms. The van der Waals surface area contributed by atoms with E-state index in [2.05, 4.69) is 5.32 Å². The molecule has 0 bridgehead atoms. The number of nitrogens with one attached hydrogen (secondary N) is 1. The molecule has 0 radical (unpaired) electrons. The highest BCUT2D eigenvalue weighted by atomic mass is 19.1. The predicted octanol–water partition coefficient (Wildman–Crippen LogP) is 5.34. The third kappa shape index (κ3) is 5.38. The molecule has 1 heterocycles. The molecule has 0 spiro atoms. The summed E-state index contributed by atoms with van der Waals surface area (Å²) in [6.07, 6.45) is 1.15. The number of benzene rings is 2. The summed E-state index contributed by atoms with van der Waals surface area (Å²) in [6.45, 7) is 9.33. The number of aryl methyl sites for hydroxylation is 1. The molecule has 0 aliphatic carbocycles. The average Bonchev–Trinajstić information content (AvgIpc) is 2.64. The van der Waals surface area contributed by atoms with Crippen molar-refractivity contribution in [2.75, 3.05) is 23.3 Å². The first-order valence-electron chi connectivity index (χ1n) is 10.3. The topological polar surface area (TPSA) is 52.6 Å². The van der Waals surface area contributed by atoms with Crippen LogP contribution in [0.4, 0.5) is 20.6 Å². The van der Waals surface area contributed by atoms with E-state index in [1.54, 1.807) is 28.0 Å². The first-order valence-corrected chi connectivity index (χ1v) is 10.3. The largest absolute Gasteiger partial charge is 0.324 e. The van der Waals surface area contributed by atoms with E-state index >= 15 is 0 Å². The van der Waals surface area contributed by atoms with Gasteiger partial charge in [-0.15, -0.1) is 0 Å². The number of hydrogen-bond acceptors (Lipinski definition) is 2. The van der Waals surface area contributed by atoms with Gasteiger partial charge in [0.15, 0.2) is 0 Å². The smallest absolute Gasteiger partial charge is 0.324 e. The van der Waals surface area contributed by atoms with Crippen LogP contribution in [0.1, 0.15) is 44.7 Å². The average molecular weight is 412 g/mol. The number of hydrogen-bond donors (Lipinski definition) is 1. The number of anilines is 2. The molecule has 0 unspecified atom stereocenters. The Morgan fingerprint density at radius 2 is 1.87 bits per heavy atom. The highest BCUT2D eigenvalue weighted by molar-refractivity contribution is 6.01. The monoisotopic (exact) mass is 411 g/mol. The van der Waals surface area contributed by atoms with Crippen molar-refractivity contribution >= 4 is 23.3 Å². The van der Waals surface area contributed by atoms with Crippen molar-refractivity contribution < 1.29 is 14.0 Å². The van der Waals surface area contributed by atoms with Crippen molar-refractivity contribution in [1.82, 2.24) is 4.90 Å². The lowest BCUT2D eigenvalue weighted by Gasteiger charge is -2.36. The predicted molar refractivity (Wildman–Crippen MR) is 118 cm³/mol. The molecule has 1 N–H and O–H groups in total. The molecular formula is C24H30FN3O2. The molecule has 3 amide bonds. The van der Waals surface area contributed by atoms with E-state index in [0.717, 1.165) is 12.0 Å². The van der Waals surface area contributed by atoms with Crippen LogP contribution in [0, 0.1) is 18.2 Å². The van der Waals surface area contributed by atoms with Crippen molar-refractivity contribution in [1.29, 1.82) is 0 Å². The number of nitrogens with zero attached hydrogens (tertiary/aromatic N) is 2. The first kappa shape index (κ1) is 21.8. The molecule has 0 atom stereocenters. The van der Waals surface area contributed by atoms with Crippen molar-refractivity contribution in [3.63, 3.8) is 0 Å². The third-order valence-corrected chi connectivity index (χ3v) is 5.04. The number of carbonyl (C=O) groups is 2. The van der Waals surface area contributed by atoms with Gasteiger partial charge in [-0.2, -0.15) is 0 Å². The molecule has 1 saturated heterocycles. The molecule has 6 heteroatoms. The number of amides is 3. The molecular weight excluding hydrogens is 381 g/mol. The molecule has 2 aromatic carbocycles. The summed E-state index contributed by atoms with van der Waals surface area (Å²) >= 11 is 0. The quantitative estimate of drug-likeness (QED) is 0.722. The van der Waals surface area contributed by atoms with Crippen molar-refractivity contribution in [3.05, 3.63) is 59.4 Å². The first-order chi connectivity index (χ1) is 14.1. The number of urea groups is 1. The van der Waals surface area contributed by atoms with E-state index in [1.807, 2.05) is 45.9 Å². The maximum Gasteiger partial charge on any atom is 0.324 e. The number of halogens is 1. The Labute approximate surface area is 177 Å². The minimum absolute atomic E-state index is 0.0815. The van der Waals surface area contributed by atoms with Gasteiger partial charge in [0.2, 0.25) is 5.91 Å². The molecule has 1 aliphatic heterocycles. The van der Waals surface area contributed by atoms with Gasteiger partial charge in [-0.25, -0.2) is 9.18 Å². The Hall–Kier alpha value is -2.89. The molecule has 0 saturated carbocycles. The Morgan fingerprint density at radius 1 is 1.13 bits per heavy atom. The Balaban J connectivity index is 1.83. The maximum absolute atomic E-state index is 14.1. The number of rotatable bonds is 5. The van der Waals surface area contributed by atoms with Gasteiger partial charge in [-0.3, -0.25) is 9.69 Å². The van der Waals surface area contributed by atoms with E-state index in [4.69, 9.17) is 0 Å². The summed E-state index contributed by atoms with van der Waals surface area (Å²) in [5.74, 6) is -0.394. The van der Waals surface area contributed by atoms with Crippen LogP contribution in [0.3, 0.4) is 0 Å². The van der Waals surface area contributed by atoms with Gasteiger partial charge in [0.05, 0.1) is 17.9 Å². The second-order valence-electron chi connectivity index (χ2n) is 9.11. The van der Waals surface area contributed by atoms with Crippen LogP contribution in [-0.2, 0) is 11.3 Å². The Bertz CT molecular complexity index is 936. The zero-order valence-corrected chi connectivity index (χ0v) is 18.2. The van der Waals surface area contributed by atoms with Gasteiger partial charge in [0.1, 0.15) is 5.82 Å². The second-order valence-corrected chi connectivity index (χ2v) is 9.11. The van der Waals surface area contributed by atoms with Gasteiger partial charge in [-0.1, -0.05) is 45.0 Å². The Morgan fingerprint density at radius 3 is 2.57 bits per heavy atom. The molecule has 160 valence electrons. The minimum Gasteiger partial charge on any atom is -0.324 e. The van der Waals surface area contributed by atoms with Crippen LogP contribution in [0.15, 0.2) is 42.5 Å². The van der Waals surface area contributed by atoms with Gasteiger partial charge in [0, 0.05) is 25.1 Å². The summed E-state index contributed by atoms with van der Waals surface area (Å²) in [7, 11) is 0. The van der Waals surface area contributed by atoms with Crippen LogP contribution in [-0.4, -0.2) is 29.9 Å². The normalized spacial score (nSPS) is 14.8. The van der Waals surface area contributed by atoms with Crippen LogP contribution in [0.25, 0.3) is 0 Å². The van der Waals surface area contributed by atoms with E-state index < -0.39 is 0 Å². The van der Waals surface area contributed by atoms with E-state index in [0.29, 0.717) is 36.4 Å². The van der Waals surface area contributed by atoms with Crippen LogP contribution in [0.5, 0.6) is 0 Å². The van der Waals surface area contributed by atoms with Gasteiger partial charge in [0.25, 0.3) is 0 Å². The zero-order chi connectivity index (χ0) is 21.9. The molecule has 1 aliphatic rings.